The summed E-state index contributed by atoms with van der Waals surface area (Å²) >= 11 is 6.40. The lowest BCUT2D eigenvalue weighted by molar-refractivity contribution is -0.125. The van der Waals surface area contributed by atoms with Crippen LogP contribution in [0.2, 0.25) is 5.02 Å². The average molecular weight is 474 g/mol. The van der Waals surface area contributed by atoms with Gasteiger partial charge < -0.3 is 10.2 Å². The number of amides is 1. The van der Waals surface area contributed by atoms with Crippen molar-refractivity contribution in [1.82, 2.24) is 19.9 Å². The minimum Gasteiger partial charge on any atom is -0.354 e. The van der Waals surface area contributed by atoms with Crippen molar-refractivity contribution in [2.75, 3.05) is 18.0 Å². The normalized spacial score (nSPS) is 16.1. The highest BCUT2D eigenvalue weighted by Crippen LogP contribution is 2.31. The van der Waals surface area contributed by atoms with Crippen LogP contribution in [-0.2, 0) is 17.8 Å². The molecule has 1 amide bonds. The van der Waals surface area contributed by atoms with Crippen LogP contribution in [0.4, 0.5) is 5.82 Å². The van der Waals surface area contributed by atoms with Gasteiger partial charge in [-0.15, -0.1) is 0 Å². The number of hydrogen-bond acceptors (Lipinski definition) is 4. The Morgan fingerprint density at radius 2 is 1.94 bits per heavy atom. The number of aromatic nitrogens is 3. The number of benzene rings is 2. The van der Waals surface area contributed by atoms with Crippen molar-refractivity contribution in [2.24, 2.45) is 5.92 Å². The number of nitrogens with one attached hydrogen (secondary N) is 1. The molecule has 2 aromatic carbocycles. The van der Waals surface area contributed by atoms with Gasteiger partial charge in [-0.05, 0) is 42.5 Å². The molecule has 0 aliphatic carbocycles. The Morgan fingerprint density at radius 1 is 1.15 bits per heavy atom. The van der Waals surface area contributed by atoms with E-state index in [2.05, 4.69) is 46.4 Å². The summed E-state index contributed by atoms with van der Waals surface area (Å²) in [7, 11) is 0. The summed E-state index contributed by atoms with van der Waals surface area (Å²) in [5, 5.41) is 8.51. The van der Waals surface area contributed by atoms with Crippen LogP contribution in [0.1, 0.15) is 30.9 Å². The Kier molecular flexibility index (Phi) is 6.50. The maximum atomic E-state index is 13.0. The van der Waals surface area contributed by atoms with Crippen LogP contribution in [0.3, 0.4) is 0 Å². The minimum atomic E-state index is -0.0725. The molecule has 4 aromatic rings. The van der Waals surface area contributed by atoms with E-state index in [-0.39, 0.29) is 11.8 Å². The van der Waals surface area contributed by atoms with E-state index in [0.717, 1.165) is 54.0 Å². The van der Waals surface area contributed by atoms with E-state index in [0.29, 0.717) is 18.1 Å². The quantitative estimate of drug-likeness (QED) is 0.421. The van der Waals surface area contributed by atoms with Crippen LogP contribution >= 0.6 is 11.6 Å². The Balaban J connectivity index is 1.31. The van der Waals surface area contributed by atoms with Crippen molar-refractivity contribution in [3.05, 3.63) is 83.1 Å². The third-order valence-electron chi connectivity index (χ3n) is 6.51. The van der Waals surface area contributed by atoms with Crippen molar-refractivity contribution >= 4 is 28.8 Å². The van der Waals surface area contributed by atoms with Gasteiger partial charge in [0, 0.05) is 37.6 Å². The van der Waals surface area contributed by atoms with Crippen molar-refractivity contribution < 1.29 is 4.79 Å². The summed E-state index contributed by atoms with van der Waals surface area (Å²) in [6.07, 6.45) is 6.44. The Bertz CT molecular complexity index is 1300. The van der Waals surface area contributed by atoms with Crippen molar-refractivity contribution in [3.8, 4) is 11.3 Å². The smallest absolute Gasteiger partial charge is 0.225 e. The largest absolute Gasteiger partial charge is 0.354 e. The first-order valence-corrected chi connectivity index (χ1v) is 12.2. The molecular weight excluding hydrogens is 446 g/mol. The van der Waals surface area contributed by atoms with Gasteiger partial charge in [0.05, 0.1) is 16.6 Å². The fraction of sp³-hybridized carbons (Fsp3) is 0.296. The third kappa shape index (κ3) is 4.64. The highest BCUT2D eigenvalue weighted by molar-refractivity contribution is 6.33. The van der Waals surface area contributed by atoms with Crippen LogP contribution in [0.25, 0.3) is 16.8 Å². The molecule has 1 atom stereocenters. The first-order valence-electron chi connectivity index (χ1n) is 11.8. The summed E-state index contributed by atoms with van der Waals surface area (Å²) in [6, 6.07) is 18.1. The van der Waals surface area contributed by atoms with Gasteiger partial charge >= 0.3 is 0 Å². The molecular formula is C27H28ClN5O. The molecule has 0 unspecified atom stereocenters. The number of carbonyl (C=O) groups excluding carboxylic acids is 1. The van der Waals surface area contributed by atoms with Crippen LogP contribution in [0.5, 0.6) is 0 Å². The van der Waals surface area contributed by atoms with Crippen LogP contribution < -0.4 is 10.2 Å². The lowest BCUT2D eigenvalue weighted by Crippen LogP contribution is -2.43. The van der Waals surface area contributed by atoms with Gasteiger partial charge in [0.2, 0.25) is 5.91 Å². The van der Waals surface area contributed by atoms with Crippen LogP contribution in [0.15, 0.2) is 67.0 Å². The molecule has 3 heterocycles. The van der Waals surface area contributed by atoms with Gasteiger partial charge in [-0.1, -0.05) is 61.0 Å². The Labute approximate surface area is 204 Å². The zero-order valence-electron chi connectivity index (χ0n) is 19.2. The fourth-order valence-electron chi connectivity index (χ4n) is 4.56. The number of carbonyl (C=O) groups is 1. The number of aryl methyl sites for hydroxylation is 1. The van der Waals surface area contributed by atoms with E-state index < -0.39 is 0 Å². The van der Waals surface area contributed by atoms with E-state index in [9.17, 15) is 4.79 Å². The topological polar surface area (TPSA) is 62.5 Å². The molecule has 1 fully saturated rings. The second kappa shape index (κ2) is 9.85. The predicted octanol–water partition coefficient (Wildman–Crippen LogP) is 5.14. The number of fused-ring (bicyclic) bond motifs is 1. The third-order valence-corrected chi connectivity index (χ3v) is 6.84. The first-order chi connectivity index (χ1) is 16.6. The summed E-state index contributed by atoms with van der Waals surface area (Å²) in [6.45, 7) is 4.20. The van der Waals surface area contributed by atoms with Crippen LogP contribution in [-0.4, -0.2) is 33.6 Å². The van der Waals surface area contributed by atoms with Gasteiger partial charge in [-0.2, -0.15) is 5.10 Å². The van der Waals surface area contributed by atoms with Gasteiger partial charge in [-0.25, -0.2) is 9.50 Å². The number of nitrogens with zero attached hydrogens (tertiary/aromatic N) is 4. The zero-order chi connectivity index (χ0) is 23.5. The lowest BCUT2D eigenvalue weighted by Gasteiger charge is -2.33. The summed E-state index contributed by atoms with van der Waals surface area (Å²) in [5.41, 5.74) is 5.03. The molecule has 34 heavy (non-hydrogen) atoms. The molecule has 1 saturated heterocycles. The molecule has 174 valence electrons. The van der Waals surface area contributed by atoms with Crippen molar-refractivity contribution in [3.63, 3.8) is 0 Å². The van der Waals surface area contributed by atoms with Gasteiger partial charge in [0.1, 0.15) is 5.52 Å². The zero-order valence-corrected chi connectivity index (χ0v) is 20.0. The number of hydrogen-bond donors (Lipinski definition) is 1. The van der Waals surface area contributed by atoms with E-state index in [1.165, 1.54) is 5.56 Å². The lowest BCUT2D eigenvalue weighted by atomic mass is 9.97. The second-order valence-corrected chi connectivity index (χ2v) is 9.17. The molecule has 0 saturated carbocycles. The molecule has 7 heteroatoms. The number of halogens is 1. The number of rotatable bonds is 6. The molecule has 5 rings (SSSR count). The van der Waals surface area contributed by atoms with Crippen LogP contribution in [0, 0.1) is 5.92 Å². The molecule has 1 aliphatic rings. The highest BCUT2D eigenvalue weighted by atomic mass is 35.5. The van der Waals surface area contributed by atoms with Gasteiger partial charge in [-0.3, -0.25) is 4.79 Å². The molecule has 6 nitrogen and oxygen atoms in total. The van der Waals surface area contributed by atoms with Crippen molar-refractivity contribution in [2.45, 2.75) is 32.7 Å². The summed E-state index contributed by atoms with van der Waals surface area (Å²) in [4.78, 5) is 19.8. The predicted molar refractivity (Wildman–Crippen MR) is 136 cm³/mol. The molecule has 1 N–H and O–H groups in total. The molecule has 0 spiro atoms. The highest BCUT2D eigenvalue weighted by Gasteiger charge is 2.27. The van der Waals surface area contributed by atoms with Gasteiger partial charge in [0.15, 0.2) is 5.82 Å². The van der Waals surface area contributed by atoms with Gasteiger partial charge in [0.25, 0.3) is 0 Å². The fourth-order valence-corrected chi connectivity index (χ4v) is 4.79. The van der Waals surface area contributed by atoms with E-state index in [1.54, 1.807) is 6.20 Å². The first kappa shape index (κ1) is 22.4. The monoisotopic (exact) mass is 473 g/mol. The Morgan fingerprint density at radius 3 is 2.74 bits per heavy atom. The Hall–Kier alpha value is -3.38. The average Bonchev–Trinajstić information content (AvgIpc) is 3.32. The molecule has 1 aliphatic heterocycles. The number of anilines is 1. The molecule has 2 aromatic heterocycles. The number of piperidine rings is 1. The van der Waals surface area contributed by atoms with E-state index in [4.69, 9.17) is 16.7 Å². The maximum Gasteiger partial charge on any atom is 0.225 e. The minimum absolute atomic E-state index is 0.0725. The summed E-state index contributed by atoms with van der Waals surface area (Å²) in [5.74, 6) is 0.874. The SMILES string of the molecule is CCc1ccc(CNC(=O)[C@H]2CCCN(c3nccn4nc(-c5ccccc5Cl)cc34)C2)cc1. The molecule has 0 bridgehead atoms. The van der Waals surface area contributed by atoms with E-state index in [1.807, 2.05) is 41.0 Å². The standard InChI is InChI=1S/C27H28ClN5O/c1-2-19-9-11-20(12-10-19)17-30-27(34)21-6-5-14-32(18-21)26-25-16-24(31-33(25)15-13-29-26)22-7-3-4-8-23(22)28/h3-4,7-13,15-16,21H,2,5-6,14,17-18H2,1H3,(H,30,34)/t21-/m0/s1. The van der Waals surface area contributed by atoms with Crippen molar-refractivity contribution in [1.29, 1.82) is 0 Å². The molecule has 0 radical (unpaired) electrons. The maximum absolute atomic E-state index is 13.0. The van der Waals surface area contributed by atoms with E-state index >= 15 is 0 Å². The second-order valence-electron chi connectivity index (χ2n) is 8.76. The summed E-state index contributed by atoms with van der Waals surface area (Å²) < 4.78 is 1.84.